The van der Waals surface area contributed by atoms with Gasteiger partial charge in [0.25, 0.3) is 5.91 Å². The molecule has 1 atom stereocenters. The van der Waals surface area contributed by atoms with Gasteiger partial charge in [0, 0.05) is 25.2 Å². The Morgan fingerprint density at radius 3 is 2.82 bits per heavy atom. The molecule has 1 unspecified atom stereocenters. The van der Waals surface area contributed by atoms with Gasteiger partial charge < -0.3 is 10.4 Å². The molecule has 3 rings (SSSR count). The number of amides is 1. The summed E-state index contributed by atoms with van der Waals surface area (Å²) >= 11 is 0. The lowest BCUT2D eigenvalue weighted by molar-refractivity contribution is 0.0925. The van der Waals surface area contributed by atoms with Crippen molar-refractivity contribution < 1.29 is 9.90 Å². The molecule has 0 aliphatic carbocycles. The molecule has 1 amide bonds. The van der Waals surface area contributed by atoms with Crippen LogP contribution in [0, 0.1) is 0 Å². The van der Waals surface area contributed by atoms with Crippen LogP contribution in [-0.2, 0) is 0 Å². The number of aliphatic hydroxyl groups is 1. The molecule has 0 spiro atoms. The molecular formula is C16H16N4O2. The number of fused-ring (bicyclic) bond motifs is 1. The number of imidazole rings is 1. The Balaban J connectivity index is 1.81. The molecule has 2 N–H and O–H groups in total. The maximum atomic E-state index is 12.4. The molecule has 0 aliphatic heterocycles. The minimum absolute atomic E-state index is 0.00738. The van der Waals surface area contributed by atoms with E-state index in [4.69, 9.17) is 0 Å². The molecule has 0 fully saturated rings. The summed E-state index contributed by atoms with van der Waals surface area (Å²) < 4.78 is 1.69. The average molecular weight is 296 g/mol. The smallest absolute Gasteiger partial charge is 0.272 e. The number of aliphatic hydroxyl groups excluding tert-OH is 1. The van der Waals surface area contributed by atoms with E-state index in [1.165, 1.54) is 0 Å². The zero-order chi connectivity index (χ0) is 15.4. The van der Waals surface area contributed by atoms with Crippen molar-refractivity contribution in [3.8, 4) is 0 Å². The lowest BCUT2D eigenvalue weighted by atomic mass is 10.0. The van der Waals surface area contributed by atoms with Gasteiger partial charge >= 0.3 is 0 Å². The normalized spacial score (nSPS) is 12.2. The van der Waals surface area contributed by atoms with E-state index in [2.05, 4.69) is 15.3 Å². The van der Waals surface area contributed by atoms with Gasteiger partial charge in [-0.25, -0.2) is 9.97 Å². The van der Waals surface area contributed by atoms with Crippen molar-refractivity contribution in [2.75, 3.05) is 6.61 Å². The maximum absolute atomic E-state index is 12.4. The molecule has 2 aromatic heterocycles. The lowest BCUT2D eigenvalue weighted by Gasteiger charge is -2.17. The van der Waals surface area contributed by atoms with Crippen LogP contribution in [0.15, 0.2) is 55.0 Å². The molecule has 0 bridgehead atoms. The number of benzene rings is 1. The number of aromatic nitrogens is 3. The van der Waals surface area contributed by atoms with Crippen LogP contribution in [0.4, 0.5) is 0 Å². The number of hydrogen-bond acceptors (Lipinski definition) is 4. The molecule has 0 radical (unpaired) electrons. The first-order valence-electron chi connectivity index (χ1n) is 7.04. The van der Waals surface area contributed by atoms with Crippen molar-refractivity contribution in [3.63, 3.8) is 0 Å². The fraction of sp³-hybridized carbons (Fsp3) is 0.188. The van der Waals surface area contributed by atoms with E-state index >= 15 is 0 Å². The first-order valence-corrected chi connectivity index (χ1v) is 7.04. The predicted molar refractivity (Wildman–Crippen MR) is 81.3 cm³/mol. The third kappa shape index (κ3) is 2.96. The molecule has 0 saturated heterocycles. The van der Waals surface area contributed by atoms with E-state index in [9.17, 15) is 9.90 Å². The molecule has 1 aromatic carbocycles. The molecule has 6 heteroatoms. The number of rotatable bonds is 5. The number of nitrogens with zero attached hydrogens (tertiary/aromatic N) is 3. The maximum Gasteiger partial charge on any atom is 0.272 e. The highest BCUT2D eigenvalue weighted by Gasteiger charge is 2.17. The largest absolute Gasteiger partial charge is 0.396 e. The van der Waals surface area contributed by atoms with Crippen LogP contribution < -0.4 is 5.32 Å². The van der Waals surface area contributed by atoms with E-state index in [1.807, 2.05) is 30.3 Å². The molecule has 3 aromatic rings. The summed E-state index contributed by atoms with van der Waals surface area (Å²) in [7, 11) is 0. The van der Waals surface area contributed by atoms with Crippen molar-refractivity contribution in [1.29, 1.82) is 0 Å². The van der Waals surface area contributed by atoms with Gasteiger partial charge in [0.1, 0.15) is 5.69 Å². The predicted octanol–water partition coefficient (Wildman–Crippen LogP) is 1.58. The van der Waals surface area contributed by atoms with Gasteiger partial charge in [-0.3, -0.25) is 9.20 Å². The van der Waals surface area contributed by atoms with Crippen LogP contribution in [0.25, 0.3) is 5.78 Å². The van der Waals surface area contributed by atoms with Crippen molar-refractivity contribution in [3.05, 3.63) is 66.2 Å². The molecular weight excluding hydrogens is 280 g/mol. The van der Waals surface area contributed by atoms with Gasteiger partial charge in [0.2, 0.25) is 5.78 Å². The zero-order valence-corrected chi connectivity index (χ0v) is 11.9. The van der Waals surface area contributed by atoms with Crippen molar-refractivity contribution >= 4 is 11.7 Å². The summed E-state index contributed by atoms with van der Waals surface area (Å²) in [6, 6.07) is 11.1. The monoisotopic (exact) mass is 296 g/mol. The third-order valence-electron chi connectivity index (χ3n) is 3.39. The highest BCUT2D eigenvalue weighted by atomic mass is 16.3. The van der Waals surface area contributed by atoms with Gasteiger partial charge in [0.05, 0.1) is 6.04 Å². The first-order chi connectivity index (χ1) is 10.8. The fourth-order valence-electron chi connectivity index (χ4n) is 2.31. The molecule has 0 aliphatic rings. The third-order valence-corrected chi connectivity index (χ3v) is 3.39. The topological polar surface area (TPSA) is 79.5 Å². The molecule has 6 nitrogen and oxygen atoms in total. The van der Waals surface area contributed by atoms with Crippen molar-refractivity contribution in [2.24, 2.45) is 0 Å². The Kier molecular flexibility index (Phi) is 4.11. The number of carbonyl (C=O) groups excluding carboxylic acids is 1. The molecule has 0 saturated carbocycles. The average Bonchev–Trinajstić information content (AvgIpc) is 2.99. The Labute approximate surface area is 127 Å². The highest BCUT2D eigenvalue weighted by Crippen LogP contribution is 2.16. The van der Waals surface area contributed by atoms with E-state index in [-0.39, 0.29) is 18.6 Å². The molecule has 112 valence electrons. The number of carbonyl (C=O) groups is 1. The first kappa shape index (κ1) is 14.2. The van der Waals surface area contributed by atoms with Crippen LogP contribution in [0.3, 0.4) is 0 Å². The lowest BCUT2D eigenvalue weighted by Crippen LogP contribution is -2.29. The Morgan fingerprint density at radius 2 is 2.09 bits per heavy atom. The molecule has 2 heterocycles. The Hall–Kier alpha value is -2.73. The number of hydrogen-bond donors (Lipinski definition) is 2. The summed E-state index contributed by atoms with van der Waals surface area (Å²) in [4.78, 5) is 20.7. The van der Waals surface area contributed by atoms with Crippen LogP contribution in [0.2, 0.25) is 0 Å². The SMILES string of the molecule is O=C(NC(CCO)c1ccccc1)c1cn2cccnc2n1. The van der Waals surface area contributed by atoms with Crippen LogP contribution in [0.1, 0.15) is 28.5 Å². The van der Waals surface area contributed by atoms with Gasteiger partial charge in [-0.2, -0.15) is 0 Å². The Bertz CT molecular complexity index is 737. The quantitative estimate of drug-likeness (QED) is 0.749. The van der Waals surface area contributed by atoms with Crippen molar-refractivity contribution in [1.82, 2.24) is 19.7 Å². The standard InChI is InChI=1S/C16H16N4O2/c21-10-7-13(12-5-2-1-3-6-12)18-15(22)14-11-20-9-4-8-17-16(20)19-14/h1-6,8-9,11,13,21H,7,10H2,(H,18,22). The van der Waals surface area contributed by atoms with E-state index in [1.54, 1.807) is 29.1 Å². The second kappa shape index (κ2) is 6.36. The zero-order valence-electron chi connectivity index (χ0n) is 11.9. The van der Waals surface area contributed by atoms with Gasteiger partial charge in [-0.05, 0) is 18.1 Å². The Morgan fingerprint density at radius 1 is 1.27 bits per heavy atom. The van der Waals surface area contributed by atoms with Crippen LogP contribution >= 0.6 is 0 Å². The van der Waals surface area contributed by atoms with E-state index in [0.717, 1.165) is 5.56 Å². The van der Waals surface area contributed by atoms with Crippen LogP contribution in [-0.4, -0.2) is 32.0 Å². The summed E-state index contributed by atoms with van der Waals surface area (Å²) in [5, 5.41) is 12.1. The molecule has 22 heavy (non-hydrogen) atoms. The summed E-state index contributed by atoms with van der Waals surface area (Å²) in [5.74, 6) is 0.193. The van der Waals surface area contributed by atoms with Gasteiger partial charge in [0.15, 0.2) is 0 Å². The summed E-state index contributed by atoms with van der Waals surface area (Å²) in [6.45, 7) is -0.00738. The minimum atomic E-state index is -0.284. The highest BCUT2D eigenvalue weighted by molar-refractivity contribution is 5.93. The minimum Gasteiger partial charge on any atom is -0.396 e. The van der Waals surface area contributed by atoms with Gasteiger partial charge in [-0.1, -0.05) is 30.3 Å². The number of nitrogens with one attached hydrogen (secondary N) is 1. The van der Waals surface area contributed by atoms with Gasteiger partial charge in [-0.15, -0.1) is 0 Å². The second-order valence-corrected chi connectivity index (χ2v) is 4.90. The second-order valence-electron chi connectivity index (χ2n) is 4.90. The van der Waals surface area contributed by atoms with E-state index in [0.29, 0.717) is 17.9 Å². The fourth-order valence-corrected chi connectivity index (χ4v) is 2.31. The summed E-state index contributed by atoms with van der Waals surface area (Å²) in [5.41, 5.74) is 1.25. The van der Waals surface area contributed by atoms with E-state index < -0.39 is 0 Å². The van der Waals surface area contributed by atoms with Crippen LogP contribution in [0.5, 0.6) is 0 Å². The van der Waals surface area contributed by atoms with Crippen molar-refractivity contribution in [2.45, 2.75) is 12.5 Å². The summed E-state index contributed by atoms with van der Waals surface area (Å²) in [6.07, 6.45) is 5.50.